The van der Waals surface area contributed by atoms with Crippen LogP contribution in [0.1, 0.15) is 48.8 Å². The highest BCUT2D eigenvalue weighted by molar-refractivity contribution is 5.42. The molecule has 2 aliphatic rings. The molecule has 1 heterocycles. The molecule has 1 saturated carbocycles. The van der Waals surface area contributed by atoms with Gasteiger partial charge in [-0.05, 0) is 62.8 Å². The molecule has 1 aliphatic carbocycles. The average Bonchev–Trinajstić information content (AvgIpc) is 3.30. The number of hydrogen-bond donors (Lipinski definition) is 2. The summed E-state index contributed by atoms with van der Waals surface area (Å²) in [6, 6.07) is 5.74. The zero-order valence-corrected chi connectivity index (χ0v) is 13.4. The van der Waals surface area contributed by atoms with Gasteiger partial charge in [0.15, 0.2) is 0 Å². The molecule has 1 aliphatic heterocycles. The molecule has 3 heteroatoms. The Labute approximate surface area is 128 Å². The third kappa shape index (κ3) is 3.78. The van der Waals surface area contributed by atoms with Crippen molar-refractivity contribution in [1.82, 2.24) is 10.2 Å². The van der Waals surface area contributed by atoms with E-state index < -0.39 is 0 Å². The summed E-state index contributed by atoms with van der Waals surface area (Å²) in [7, 11) is 0. The van der Waals surface area contributed by atoms with Crippen LogP contribution in [0, 0.1) is 13.8 Å². The zero-order valence-electron chi connectivity index (χ0n) is 13.4. The van der Waals surface area contributed by atoms with E-state index in [-0.39, 0.29) is 0 Å². The molecule has 1 saturated heterocycles. The van der Waals surface area contributed by atoms with Crippen LogP contribution in [0.25, 0.3) is 0 Å². The first-order chi connectivity index (χ1) is 10.1. The van der Waals surface area contributed by atoms with Crippen molar-refractivity contribution in [3.63, 3.8) is 0 Å². The predicted octanol–water partition coefficient (Wildman–Crippen LogP) is 3.12. The minimum Gasteiger partial charge on any atom is -0.507 e. The van der Waals surface area contributed by atoms with E-state index in [1.54, 1.807) is 0 Å². The topological polar surface area (TPSA) is 35.5 Å². The molecule has 1 atom stereocenters. The summed E-state index contributed by atoms with van der Waals surface area (Å²) >= 11 is 0. The number of nitrogens with one attached hydrogen (secondary N) is 1. The molecule has 3 nitrogen and oxygen atoms in total. The SMILES string of the molecule is Cc1cc(CN(CC2CCCCN2)C2CC2)cc(C)c1O. The largest absolute Gasteiger partial charge is 0.507 e. The summed E-state index contributed by atoms with van der Waals surface area (Å²) in [5.41, 5.74) is 3.33. The van der Waals surface area contributed by atoms with Crippen LogP contribution < -0.4 is 5.32 Å². The van der Waals surface area contributed by atoms with E-state index in [4.69, 9.17) is 0 Å². The van der Waals surface area contributed by atoms with Gasteiger partial charge in [-0.2, -0.15) is 0 Å². The van der Waals surface area contributed by atoms with Crippen LogP contribution >= 0.6 is 0 Å². The lowest BCUT2D eigenvalue weighted by molar-refractivity contribution is 0.208. The summed E-state index contributed by atoms with van der Waals surface area (Å²) in [5, 5.41) is 13.6. The van der Waals surface area contributed by atoms with Gasteiger partial charge in [0.25, 0.3) is 0 Å². The van der Waals surface area contributed by atoms with Gasteiger partial charge in [0.1, 0.15) is 5.75 Å². The number of phenols is 1. The van der Waals surface area contributed by atoms with Crippen LogP contribution in [-0.2, 0) is 6.54 Å². The van der Waals surface area contributed by atoms with Crippen molar-refractivity contribution in [2.24, 2.45) is 0 Å². The van der Waals surface area contributed by atoms with Crippen LogP contribution in [0.2, 0.25) is 0 Å². The molecule has 0 bridgehead atoms. The van der Waals surface area contributed by atoms with E-state index in [9.17, 15) is 5.11 Å². The molecule has 0 aromatic heterocycles. The number of rotatable bonds is 5. The lowest BCUT2D eigenvalue weighted by atomic mass is 10.0. The van der Waals surface area contributed by atoms with E-state index in [1.165, 1.54) is 50.8 Å². The molecule has 1 unspecified atom stereocenters. The van der Waals surface area contributed by atoms with Crippen LogP contribution in [0.15, 0.2) is 12.1 Å². The molecule has 0 radical (unpaired) electrons. The van der Waals surface area contributed by atoms with Crippen molar-refractivity contribution in [3.8, 4) is 5.75 Å². The lowest BCUT2D eigenvalue weighted by Crippen LogP contribution is -2.44. The fourth-order valence-corrected chi connectivity index (χ4v) is 3.52. The Morgan fingerprint density at radius 1 is 1.14 bits per heavy atom. The van der Waals surface area contributed by atoms with Crippen molar-refractivity contribution < 1.29 is 5.11 Å². The molecule has 1 aromatic rings. The Kier molecular flexibility index (Phi) is 4.51. The monoisotopic (exact) mass is 288 g/mol. The Hall–Kier alpha value is -1.06. The van der Waals surface area contributed by atoms with E-state index in [1.807, 2.05) is 13.8 Å². The van der Waals surface area contributed by atoms with Gasteiger partial charge in [0.05, 0.1) is 0 Å². The highest BCUT2D eigenvalue weighted by atomic mass is 16.3. The molecule has 2 fully saturated rings. The van der Waals surface area contributed by atoms with Crippen molar-refractivity contribution in [3.05, 3.63) is 28.8 Å². The van der Waals surface area contributed by atoms with Crippen LogP contribution in [0.4, 0.5) is 0 Å². The first kappa shape index (κ1) is 14.9. The number of nitrogens with zero attached hydrogens (tertiary/aromatic N) is 1. The van der Waals surface area contributed by atoms with Gasteiger partial charge >= 0.3 is 0 Å². The third-order valence-electron chi connectivity index (χ3n) is 4.87. The third-order valence-corrected chi connectivity index (χ3v) is 4.87. The second-order valence-corrected chi connectivity index (χ2v) is 6.89. The maximum Gasteiger partial charge on any atom is 0.121 e. The number of aryl methyl sites for hydroxylation is 2. The number of hydrogen-bond acceptors (Lipinski definition) is 3. The molecule has 3 rings (SSSR count). The molecule has 0 amide bonds. The normalized spacial score (nSPS) is 22.7. The van der Waals surface area contributed by atoms with Crippen LogP contribution in [0.3, 0.4) is 0 Å². The van der Waals surface area contributed by atoms with Gasteiger partial charge in [-0.3, -0.25) is 4.90 Å². The number of aromatic hydroxyl groups is 1. The van der Waals surface area contributed by atoms with Gasteiger partial charge in [-0.25, -0.2) is 0 Å². The molecule has 1 aromatic carbocycles. The quantitative estimate of drug-likeness (QED) is 0.874. The number of benzene rings is 1. The van der Waals surface area contributed by atoms with Gasteiger partial charge in [-0.15, -0.1) is 0 Å². The fourth-order valence-electron chi connectivity index (χ4n) is 3.52. The molecule has 2 N–H and O–H groups in total. The van der Waals surface area contributed by atoms with Crippen LogP contribution in [0.5, 0.6) is 5.75 Å². The average molecular weight is 288 g/mol. The Morgan fingerprint density at radius 3 is 2.43 bits per heavy atom. The minimum absolute atomic E-state index is 0.450. The maximum atomic E-state index is 9.92. The van der Waals surface area contributed by atoms with Gasteiger partial charge in [0, 0.05) is 25.2 Å². The van der Waals surface area contributed by atoms with E-state index in [2.05, 4.69) is 22.3 Å². The Morgan fingerprint density at radius 2 is 1.86 bits per heavy atom. The van der Waals surface area contributed by atoms with E-state index >= 15 is 0 Å². The number of phenolic OH excluding ortho intramolecular Hbond substituents is 1. The molecule has 21 heavy (non-hydrogen) atoms. The molecule has 0 spiro atoms. The van der Waals surface area contributed by atoms with Crippen molar-refractivity contribution >= 4 is 0 Å². The van der Waals surface area contributed by atoms with Crippen LogP contribution in [-0.4, -0.2) is 35.2 Å². The molecular formula is C18H28N2O. The summed E-state index contributed by atoms with van der Waals surface area (Å²) in [6.07, 6.45) is 6.71. The summed E-state index contributed by atoms with van der Waals surface area (Å²) < 4.78 is 0. The standard InChI is InChI=1S/C18H28N2O/c1-13-9-15(10-14(2)18(13)21)11-20(17-6-7-17)12-16-5-3-4-8-19-16/h9-10,16-17,19,21H,3-8,11-12H2,1-2H3. The molecule has 116 valence electrons. The summed E-state index contributed by atoms with van der Waals surface area (Å²) in [4.78, 5) is 2.65. The first-order valence-corrected chi connectivity index (χ1v) is 8.40. The minimum atomic E-state index is 0.450. The summed E-state index contributed by atoms with van der Waals surface area (Å²) in [5.74, 6) is 0.450. The van der Waals surface area contributed by atoms with Gasteiger partial charge < -0.3 is 10.4 Å². The van der Waals surface area contributed by atoms with Crippen molar-refractivity contribution in [2.75, 3.05) is 13.1 Å². The first-order valence-electron chi connectivity index (χ1n) is 8.40. The van der Waals surface area contributed by atoms with Gasteiger partial charge in [-0.1, -0.05) is 18.6 Å². The molecular weight excluding hydrogens is 260 g/mol. The Balaban J connectivity index is 1.67. The second kappa shape index (κ2) is 6.37. The summed E-state index contributed by atoms with van der Waals surface area (Å²) in [6.45, 7) is 7.36. The highest BCUT2D eigenvalue weighted by Crippen LogP contribution is 2.30. The second-order valence-electron chi connectivity index (χ2n) is 6.89. The maximum absolute atomic E-state index is 9.92. The Bertz CT molecular complexity index is 467. The lowest BCUT2D eigenvalue weighted by Gasteiger charge is -2.31. The van der Waals surface area contributed by atoms with E-state index in [0.29, 0.717) is 11.8 Å². The predicted molar refractivity (Wildman–Crippen MR) is 86.7 cm³/mol. The van der Waals surface area contributed by atoms with Crippen molar-refractivity contribution in [1.29, 1.82) is 0 Å². The van der Waals surface area contributed by atoms with E-state index in [0.717, 1.165) is 23.7 Å². The zero-order chi connectivity index (χ0) is 14.8. The van der Waals surface area contributed by atoms with Crippen molar-refractivity contribution in [2.45, 2.75) is 64.6 Å². The number of piperidine rings is 1. The highest BCUT2D eigenvalue weighted by Gasteiger charge is 2.31. The van der Waals surface area contributed by atoms with Gasteiger partial charge in [0.2, 0.25) is 0 Å². The fraction of sp³-hybridized carbons (Fsp3) is 0.667. The smallest absolute Gasteiger partial charge is 0.121 e.